The van der Waals surface area contributed by atoms with Crippen LogP contribution in [0.5, 0.6) is 0 Å². The molecule has 0 spiro atoms. The van der Waals surface area contributed by atoms with E-state index in [2.05, 4.69) is 20.6 Å². The second kappa shape index (κ2) is 11.9. The Hall–Kier alpha value is -4.18. The summed E-state index contributed by atoms with van der Waals surface area (Å²) in [6.07, 6.45) is 4.66. The average Bonchev–Trinajstić information content (AvgIpc) is 3.59. The van der Waals surface area contributed by atoms with Crippen LogP contribution in [0, 0.1) is 5.41 Å². The number of β-lactam (4-membered cyclic amide) rings is 1. The minimum absolute atomic E-state index is 0.0418. The Morgan fingerprint density at radius 3 is 2.70 bits per heavy atom. The van der Waals surface area contributed by atoms with E-state index >= 15 is 0 Å². The zero-order valence-corrected chi connectivity index (χ0v) is 23.5. The van der Waals surface area contributed by atoms with Gasteiger partial charge in [-0.2, -0.15) is 0 Å². The number of esters is 2. The van der Waals surface area contributed by atoms with Gasteiger partial charge in [-0.1, -0.05) is 16.4 Å². The van der Waals surface area contributed by atoms with Crippen molar-refractivity contribution in [3.63, 3.8) is 0 Å². The molecule has 2 aliphatic heterocycles. The molecular formula is C24H26N6O8S2. The normalized spacial score (nSPS) is 19.2. The average molecular weight is 591 g/mol. The molecule has 2 aromatic heterocycles. The molecular weight excluding hydrogens is 564 g/mol. The number of nitrogens with one attached hydrogen (secondary N) is 1. The van der Waals surface area contributed by atoms with Crippen LogP contribution in [0.15, 0.2) is 44.7 Å². The Kier molecular flexibility index (Phi) is 8.58. The molecule has 14 nitrogen and oxygen atoms in total. The van der Waals surface area contributed by atoms with Gasteiger partial charge in [0.15, 0.2) is 16.6 Å². The van der Waals surface area contributed by atoms with Crippen LogP contribution < -0.4 is 11.1 Å². The maximum absolute atomic E-state index is 13.3. The zero-order valence-electron chi connectivity index (χ0n) is 21.9. The van der Waals surface area contributed by atoms with E-state index in [1.807, 2.05) is 0 Å². The van der Waals surface area contributed by atoms with E-state index in [0.29, 0.717) is 17.1 Å². The third-order valence-electron chi connectivity index (χ3n) is 5.54. The standard InChI is InChI=1S/C24H26N6O8S2/c1-24(2,3)22(34)37-11-36-21(33)17-12(5-6-13-7-8-26-38-13)9-39-20-16(19(32)30(17)20)28-18(31)15(29-35-4)14-10-40-23(25)27-14/h5-8,10,16,20H,9,11H2,1-4H3,(H2,25,27)(H,28,31)/b6-5-,29-15-/t16-,20-/m1/s1. The lowest BCUT2D eigenvalue weighted by molar-refractivity contribution is -0.173. The predicted octanol–water partition coefficient (Wildman–Crippen LogP) is 1.52. The predicted molar refractivity (Wildman–Crippen MR) is 144 cm³/mol. The zero-order chi connectivity index (χ0) is 29.0. The first-order chi connectivity index (χ1) is 19.0. The number of oxime groups is 1. The molecule has 16 heteroatoms. The third kappa shape index (κ3) is 6.17. The number of nitrogens with two attached hydrogens (primary N) is 1. The number of rotatable bonds is 9. The Morgan fingerprint density at radius 1 is 1.30 bits per heavy atom. The van der Waals surface area contributed by atoms with Crippen LogP contribution in [0.1, 0.15) is 32.2 Å². The van der Waals surface area contributed by atoms with Gasteiger partial charge >= 0.3 is 11.9 Å². The Labute approximate surface area is 236 Å². The number of amides is 2. The highest BCUT2D eigenvalue weighted by Crippen LogP contribution is 2.41. The molecule has 4 heterocycles. The second-order valence-corrected chi connectivity index (χ2v) is 11.4. The number of aromatic nitrogens is 2. The number of carbonyl (C=O) groups is 4. The monoisotopic (exact) mass is 590 g/mol. The highest BCUT2D eigenvalue weighted by Gasteiger charge is 2.54. The Morgan fingerprint density at radius 2 is 2.08 bits per heavy atom. The van der Waals surface area contributed by atoms with Crippen molar-refractivity contribution >= 4 is 63.8 Å². The van der Waals surface area contributed by atoms with Crippen molar-refractivity contribution in [1.29, 1.82) is 0 Å². The van der Waals surface area contributed by atoms with E-state index in [1.165, 1.54) is 35.3 Å². The highest BCUT2D eigenvalue weighted by atomic mass is 32.2. The summed E-state index contributed by atoms with van der Waals surface area (Å²) in [5.41, 5.74) is 5.33. The SMILES string of the molecule is CO/N=C(\C(=O)N[C@@H]1C(=O)N2C(C(=O)OCOC(=O)C(C)(C)C)=C(/C=C\c3ccno3)CS[C@H]12)c1csc(N)n1. The van der Waals surface area contributed by atoms with Crippen LogP contribution in [0.2, 0.25) is 0 Å². The van der Waals surface area contributed by atoms with Crippen molar-refractivity contribution in [3.05, 3.63) is 46.4 Å². The van der Waals surface area contributed by atoms with Gasteiger partial charge in [0.2, 0.25) is 6.79 Å². The first kappa shape index (κ1) is 28.8. The van der Waals surface area contributed by atoms with Gasteiger partial charge in [0.05, 0.1) is 11.6 Å². The smallest absolute Gasteiger partial charge is 0.358 e. The van der Waals surface area contributed by atoms with E-state index in [-0.39, 0.29) is 22.2 Å². The molecule has 0 aliphatic carbocycles. The van der Waals surface area contributed by atoms with Gasteiger partial charge in [0.1, 0.15) is 29.9 Å². The van der Waals surface area contributed by atoms with Gasteiger partial charge in [-0.25, -0.2) is 9.78 Å². The van der Waals surface area contributed by atoms with Gasteiger partial charge in [-0.05, 0) is 32.4 Å². The first-order valence-corrected chi connectivity index (χ1v) is 13.7. The van der Waals surface area contributed by atoms with Crippen molar-refractivity contribution in [1.82, 2.24) is 20.4 Å². The number of anilines is 1. The number of thioether (sulfide) groups is 1. The number of hydrogen-bond acceptors (Lipinski definition) is 14. The van der Waals surface area contributed by atoms with Crippen LogP contribution in [-0.2, 0) is 33.5 Å². The molecule has 0 aromatic carbocycles. The summed E-state index contributed by atoms with van der Waals surface area (Å²) in [6, 6.07) is 0.645. The molecule has 0 radical (unpaired) electrons. The molecule has 0 bridgehead atoms. The summed E-state index contributed by atoms with van der Waals surface area (Å²) in [6.45, 7) is 4.35. The lowest BCUT2D eigenvalue weighted by atomic mass is 9.98. The van der Waals surface area contributed by atoms with Gasteiger partial charge in [0, 0.05) is 17.2 Å². The van der Waals surface area contributed by atoms with E-state index in [9.17, 15) is 19.2 Å². The quantitative estimate of drug-likeness (QED) is 0.141. The summed E-state index contributed by atoms with van der Waals surface area (Å²) < 4.78 is 15.3. The Balaban J connectivity index is 1.53. The number of hydrogen-bond donors (Lipinski definition) is 2. The molecule has 40 heavy (non-hydrogen) atoms. The molecule has 1 fully saturated rings. The summed E-state index contributed by atoms with van der Waals surface area (Å²) in [5, 5.41) is 11.1. The number of ether oxygens (including phenoxy) is 2. The van der Waals surface area contributed by atoms with E-state index < -0.39 is 47.4 Å². The fourth-order valence-electron chi connectivity index (χ4n) is 3.58. The fraction of sp³-hybridized carbons (Fsp3) is 0.375. The molecule has 2 aromatic rings. The maximum atomic E-state index is 13.3. The number of nitrogens with zero attached hydrogens (tertiary/aromatic N) is 4. The molecule has 2 amide bonds. The number of carbonyl (C=O) groups excluding carboxylic acids is 4. The summed E-state index contributed by atoms with van der Waals surface area (Å²) in [4.78, 5) is 61.6. The molecule has 4 rings (SSSR count). The van der Waals surface area contributed by atoms with Gasteiger partial charge in [0.25, 0.3) is 11.8 Å². The number of fused-ring (bicyclic) bond motifs is 1. The van der Waals surface area contributed by atoms with Gasteiger partial charge in [-0.15, -0.1) is 23.1 Å². The second-order valence-electron chi connectivity index (χ2n) is 9.41. The summed E-state index contributed by atoms with van der Waals surface area (Å²) >= 11 is 2.44. The lowest BCUT2D eigenvalue weighted by Crippen LogP contribution is -2.71. The number of allylic oxidation sites excluding steroid dienone is 1. The summed E-state index contributed by atoms with van der Waals surface area (Å²) in [7, 11) is 1.27. The molecule has 1 saturated heterocycles. The van der Waals surface area contributed by atoms with Crippen LogP contribution in [0.25, 0.3) is 6.08 Å². The van der Waals surface area contributed by atoms with E-state index in [0.717, 1.165) is 11.3 Å². The third-order valence-corrected chi connectivity index (χ3v) is 7.51. The number of thiazole rings is 1. The topological polar surface area (TPSA) is 189 Å². The van der Waals surface area contributed by atoms with Crippen molar-refractivity contribution in [2.45, 2.75) is 32.2 Å². The maximum Gasteiger partial charge on any atom is 0.358 e. The molecule has 212 valence electrons. The van der Waals surface area contributed by atoms with Gasteiger partial charge in [-0.3, -0.25) is 19.3 Å². The van der Waals surface area contributed by atoms with E-state index in [1.54, 1.807) is 39.0 Å². The molecule has 2 atom stereocenters. The highest BCUT2D eigenvalue weighted by molar-refractivity contribution is 8.00. The first-order valence-electron chi connectivity index (χ1n) is 11.8. The molecule has 0 saturated carbocycles. The Bertz CT molecular complexity index is 1390. The van der Waals surface area contributed by atoms with E-state index in [4.69, 9.17) is 24.6 Å². The van der Waals surface area contributed by atoms with Crippen molar-refractivity contribution in [3.8, 4) is 0 Å². The minimum atomic E-state index is -0.975. The van der Waals surface area contributed by atoms with Crippen molar-refractivity contribution in [2.75, 3.05) is 25.4 Å². The summed E-state index contributed by atoms with van der Waals surface area (Å²) in [5.74, 6) is -1.97. The van der Waals surface area contributed by atoms with Crippen LogP contribution in [0.4, 0.5) is 5.13 Å². The minimum Gasteiger partial charge on any atom is -0.427 e. The van der Waals surface area contributed by atoms with Crippen LogP contribution in [-0.4, -0.2) is 75.6 Å². The largest absolute Gasteiger partial charge is 0.427 e. The van der Waals surface area contributed by atoms with Gasteiger partial charge < -0.3 is 29.9 Å². The molecule has 3 N–H and O–H groups in total. The fourth-order valence-corrected chi connectivity index (χ4v) is 5.44. The molecule has 0 unspecified atom stereocenters. The van der Waals surface area contributed by atoms with Crippen molar-refractivity contribution < 1.29 is 38.0 Å². The van der Waals surface area contributed by atoms with Crippen molar-refractivity contribution in [2.24, 2.45) is 10.6 Å². The lowest BCUT2D eigenvalue weighted by Gasteiger charge is -2.49. The number of nitrogen functional groups attached to an aromatic ring is 1. The van der Waals surface area contributed by atoms with Crippen LogP contribution >= 0.6 is 23.1 Å². The van der Waals surface area contributed by atoms with Crippen LogP contribution in [0.3, 0.4) is 0 Å². The molecule has 2 aliphatic rings.